The van der Waals surface area contributed by atoms with Crippen molar-refractivity contribution in [2.45, 2.75) is 31.3 Å². The number of amides is 2. The van der Waals surface area contributed by atoms with E-state index in [1.807, 2.05) is 0 Å². The van der Waals surface area contributed by atoms with Crippen molar-refractivity contribution in [3.8, 4) is 0 Å². The maximum Gasteiger partial charge on any atom is 0.329 e. The average Bonchev–Trinajstić information content (AvgIpc) is 2.67. The summed E-state index contributed by atoms with van der Waals surface area (Å²) in [5.41, 5.74) is 6.22. The second kappa shape index (κ2) is 9.84. The third kappa shape index (κ3) is 6.05. The molecule has 1 aliphatic rings. The zero-order valence-corrected chi connectivity index (χ0v) is 15.6. The van der Waals surface area contributed by atoms with Gasteiger partial charge >= 0.3 is 5.97 Å². The summed E-state index contributed by atoms with van der Waals surface area (Å²) in [5, 5.41) is 18.9. The average molecular weight is 390 g/mol. The Kier molecular flexibility index (Phi) is 7.51. The number of aliphatic carboxylic acids is 1. The number of hydrogen-bond donors (Lipinski definition) is 4. The Hall–Kier alpha value is -2.94. The SMILES string of the molecule is N=C(N)c1ccc(CC(=O)N2CCC(CCNC=O)(OCC(=O)O)CC2)cc1. The smallest absolute Gasteiger partial charge is 0.329 e. The van der Waals surface area contributed by atoms with E-state index >= 15 is 0 Å². The summed E-state index contributed by atoms with van der Waals surface area (Å²) in [5.74, 6) is -1.08. The van der Waals surface area contributed by atoms with Gasteiger partial charge in [0.25, 0.3) is 0 Å². The van der Waals surface area contributed by atoms with E-state index < -0.39 is 18.2 Å². The highest BCUT2D eigenvalue weighted by Gasteiger charge is 2.37. The fraction of sp³-hybridized carbons (Fsp3) is 0.474. The Balaban J connectivity index is 1.92. The number of nitrogens with zero attached hydrogens (tertiary/aromatic N) is 1. The summed E-state index contributed by atoms with van der Waals surface area (Å²) in [6, 6.07) is 6.99. The van der Waals surface area contributed by atoms with Crippen LogP contribution < -0.4 is 11.1 Å². The van der Waals surface area contributed by atoms with Crippen molar-refractivity contribution < 1.29 is 24.2 Å². The number of carbonyl (C=O) groups is 3. The normalized spacial score (nSPS) is 15.6. The molecule has 1 aliphatic heterocycles. The predicted molar refractivity (Wildman–Crippen MR) is 102 cm³/mol. The Morgan fingerprint density at radius 3 is 2.46 bits per heavy atom. The van der Waals surface area contributed by atoms with Gasteiger partial charge in [-0.05, 0) is 24.8 Å². The molecule has 0 aromatic heterocycles. The molecule has 1 fully saturated rings. The molecule has 2 rings (SSSR count). The van der Waals surface area contributed by atoms with Gasteiger partial charge in [-0.2, -0.15) is 0 Å². The lowest BCUT2D eigenvalue weighted by Crippen LogP contribution is -2.50. The first-order valence-corrected chi connectivity index (χ1v) is 9.09. The number of hydrogen-bond acceptors (Lipinski definition) is 5. The molecule has 0 bridgehead atoms. The summed E-state index contributed by atoms with van der Waals surface area (Å²) in [6.45, 7) is 0.910. The van der Waals surface area contributed by atoms with Crippen LogP contribution in [0.1, 0.15) is 30.4 Å². The molecule has 5 N–H and O–H groups in total. The molecule has 0 radical (unpaired) electrons. The lowest BCUT2D eigenvalue weighted by molar-refractivity contribution is -0.157. The molecule has 0 spiro atoms. The number of likely N-dealkylation sites (tertiary alicyclic amines) is 1. The number of carbonyl (C=O) groups excluding carboxylic acids is 2. The van der Waals surface area contributed by atoms with Crippen molar-refractivity contribution in [2.75, 3.05) is 26.2 Å². The topological polar surface area (TPSA) is 146 Å². The van der Waals surface area contributed by atoms with E-state index in [0.29, 0.717) is 50.9 Å². The molecule has 1 aromatic carbocycles. The summed E-state index contributed by atoms with van der Waals surface area (Å²) < 4.78 is 5.64. The number of benzene rings is 1. The Morgan fingerprint density at radius 2 is 1.93 bits per heavy atom. The number of carboxylic acids is 1. The van der Waals surface area contributed by atoms with E-state index in [0.717, 1.165) is 5.56 Å². The lowest BCUT2D eigenvalue weighted by atomic mass is 9.87. The van der Waals surface area contributed by atoms with Crippen molar-refractivity contribution in [1.82, 2.24) is 10.2 Å². The minimum absolute atomic E-state index is 0.0179. The molecule has 9 heteroatoms. The molecule has 0 saturated carbocycles. The van der Waals surface area contributed by atoms with Crippen LogP contribution in [0.5, 0.6) is 0 Å². The minimum atomic E-state index is -1.05. The van der Waals surface area contributed by atoms with Gasteiger partial charge in [0.05, 0.1) is 12.0 Å². The highest BCUT2D eigenvalue weighted by atomic mass is 16.5. The number of nitrogens with two attached hydrogens (primary N) is 1. The first kappa shape index (κ1) is 21.4. The summed E-state index contributed by atoms with van der Waals surface area (Å²) in [4.78, 5) is 35.7. The van der Waals surface area contributed by atoms with Crippen LogP contribution in [0.2, 0.25) is 0 Å². The molecule has 152 valence electrons. The second-order valence-corrected chi connectivity index (χ2v) is 6.86. The summed E-state index contributed by atoms with van der Waals surface area (Å²) in [7, 11) is 0. The number of amidine groups is 1. The summed E-state index contributed by atoms with van der Waals surface area (Å²) >= 11 is 0. The van der Waals surface area contributed by atoms with Gasteiger partial charge in [-0.15, -0.1) is 0 Å². The van der Waals surface area contributed by atoms with E-state index in [2.05, 4.69) is 5.32 Å². The third-order valence-corrected chi connectivity index (χ3v) is 4.96. The molecular formula is C19H26N4O5. The van der Waals surface area contributed by atoms with Crippen molar-refractivity contribution in [2.24, 2.45) is 5.73 Å². The van der Waals surface area contributed by atoms with Gasteiger partial charge in [0, 0.05) is 25.2 Å². The van der Waals surface area contributed by atoms with E-state index in [1.54, 1.807) is 29.2 Å². The monoisotopic (exact) mass is 390 g/mol. The van der Waals surface area contributed by atoms with E-state index in [1.165, 1.54) is 0 Å². The fourth-order valence-electron chi connectivity index (χ4n) is 3.29. The molecule has 28 heavy (non-hydrogen) atoms. The van der Waals surface area contributed by atoms with Crippen LogP contribution in [0.25, 0.3) is 0 Å². The molecule has 1 saturated heterocycles. The quantitative estimate of drug-likeness (QED) is 0.193. The maximum absolute atomic E-state index is 12.6. The number of nitrogen functional groups attached to an aromatic ring is 1. The summed E-state index contributed by atoms with van der Waals surface area (Å²) in [6.07, 6.45) is 2.36. The standard InChI is InChI=1S/C19H26N4O5/c20-18(21)15-3-1-14(2-4-15)11-16(25)23-9-6-19(7-10-23,5-8-22-13-24)28-12-17(26)27/h1-4,13H,5-12H2,(H3,20,21)(H,22,24)(H,26,27). The first-order valence-electron chi connectivity index (χ1n) is 9.09. The van der Waals surface area contributed by atoms with Gasteiger partial charge in [-0.25, -0.2) is 4.79 Å². The number of nitrogens with one attached hydrogen (secondary N) is 2. The van der Waals surface area contributed by atoms with Crippen molar-refractivity contribution >= 4 is 24.1 Å². The van der Waals surface area contributed by atoms with Crippen LogP contribution in [-0.4, -0.2) is 66.0 Å². The number of piperidine rings is 1. The van der Waals surface area contributed by atoms with Gasteiger partial charge in [0.1, 0.15) is 12.4 Å². The fourth-order valence-corrected chi connectivity index (χ4v) is 3.29. The van der Waals surface area contributed by atoms with Crippen LogP contribution in [0.15, 0.2) is 24.3 Å². The number of carboxylic acid groups (broad SMARTS) is 1. The second-order valence-electron chi connectivity index (χ2n) is 6.86. The maximum atomic E-state index is 12.6. The number of rotatable bonds is 10. The molecule has 1 heterocycles. The van der Waals surface area contributed by atoms with Crippen LogP contribution in [0.4, 0.5) is 0 Å². The van der Waals surface area contributed by atoms with Crippen molar-refractivity contribution in [3.63, 3.8) is 0 Å². The minimum Gasteiger partial charge on any atom is -0.480 e. The largest absolute Gasteiger partial charge is 0.480 e. The Labute approximate surface area is 163 Å². The van der Waals surface area contributed by atoms with E-state index in [9.17, 15) is 14.4 Å². The lowest BCUT2D eigenvalue weighted by Gasteiger charge is -2.41. The van der Waals surface area contributed by atoms with Crippen molar-refractivity contribution in [3.05, 3.63) is 35.4 Å². The van der Waals surface area contributed by atoms with Crippen LogP contribution >= 0.6 is 0 Å². The molecule has 0 atom stereocenters. The Bertz CT molecular complexity index is 712. The van der Waals surface area contributed by atoms with E-state index in [-0.39, 0.29) is 18.2 Å². The van der Waals surface area contributed by atoms with Gasteiger partial charge in [-0.1, -0.05) is 24.3 Å². The third-order valence-electron chi connectivity index (χ3n) is 4.96. The zero-order valence-electron chi connectivity index (χ0n) is 15.6. The van der Waals surface area contributed by atoms with E-state index in [4.69, 9.17) is 21.0 Å². The van der Waals surface area contributed by atoms with Gasteiger partial charge in [0.2, 0.25) is 12.3 Å². The van der Waals surface area contributed by atoms with Crippen molar-refractivity contribution in [1.29, 1.82) is 5.41 Å². The highest BCUT2D eigenvalue weighted by Crippen LogP contribution is 2.30. The highest BCUT2D eigenvalue weighted by molar-refractivity contribution is 5.95. The number of ether oxygens (including phenoxy) is 1. The first-order chi connectivity index (χ1) is 13.3. The van der Waals surface area contributed by atoms with Crippen LogP contribution in [-0.2, 0) is 25.5 Å². The van der Waals surface area contributed by atoms with Gasteiger partial charge in [0.15, 0.2) is 0 Å². The van der Waals surface area contributed by atoms with Gasteiger partial charge < -0.3 is 25.8 Å². The molecule has 0 aliphatic carbocycles. The van der Waals surface area contributed by atoms with Crippen LogP contribution in [0.3, 0.4) is 0 Å². The Morgan fingerprint density at radius 1 is 1.29 bits per heavy atom. The molecule has 2 amide bonds. The molecule has 0 unspecified atom stereocenters. The predicted octanol–water partition coefficient (Wildman–Crippen LogP) is 0.112. The van der Waals surface area contributed by atoms with Gasteiger partial charge in [-0.3, -0.25) is 15.0 Å². The molecule has 9 nitrogen and oxygen atoms in total. The zero-order chi connectivity index (χ0) is 20.6. The molecule has 1 aromatic rings. The van der Waals surface area contributed by atoms with Crippen LogP contribution in [0, 0.1) is 5.41 Å². The molecular weight excluding hydrogens is 364 g/mol.